The van der Waals surface area contributed by atoms with Gasteiger partial charge >= 0.3 is 5.97 Å². The van der Waals surface area contributed by atoms with Gasteiger partial charge in [0.15, 0.2) is 11.3 Å². The molecule has 0 aliphatic heterocycles. The van der Waals surface area contributed by atoms with E-state index in [0.29, 0.717) is 17.8 Å². The maximum absolute atomic E-state index is 13.2. The fraction of sp³-hybridized carbons (Fsp3) is 0.250. The zero-order valence-electron chi connectivity index (χ0n) is 13.0. The van der Waals surface area contributed by atoms with E-state index in [1.807, 2.05) is 6.92 Å². The number of aryl methyl sites for hydroxylation is 2. The number of nitrogens with zero attached hydrogens (tertiary/aromatic N) is 4. The summed E-state index contributed by atoms with van der Waals surface area (Å²) < 4.78 is 19.5. The lowest BCUT2D eigenvalue weighted by Crippen LogP contribution is -2.12. The van der Waals surface area contributed by atoms with Crippen molar-refractivity contribution >= 4 is 11.6 Å². The Labute approximate surface area is 131 Å². The molecule has 2 aromatic heterocycles. The van der Waals surface area contributed by atoms with Gasteiger partial charge in [0, 0.05) is 0 Å². The molecule has 23 heavy (non-hydrogen) atoms. The average molecular weight is 314 g/mol. The van der Waals surface area contributed by atoms with E-state index >= 15 is 0 Å². The number of ether oxygens (including phenoxy) is 1. The lowest BCUT2D eigenvalue weighted by Gasteiger charge is -2.04. The van der Waals surface area contributed by atoms with Crippen LogP contribution in [0.25, 0.3) is 16.8 Å². The van der Waals surface area contributed by atoms with Gasteiger partial charge in [-0.1, -0.05) is 19.1 Å². The molecular formula is C16H15FN4O2. The average Bonchev–Trinajstić information content (AvgIpc) is 2.95. The molecular weight excluding hydrogens is 299 g/mol. The molecule has 0 N–H and O–H groups in total. The Hall–Kier alpha value is -2.83. The highest BCUT2D eigenvalue weighted by molar-refractivity contribution is 5.89. The van der Waals surface area contributed by atoms with Gasteiger partial charge in [-0.25, -0.2) is 13.7 Å². The van der Waals surface area contributed by atoms with Crippen LogP contribution in [-0.2, 0) is 11.2 Å². The molecule has 0 aliphatic carbocycles. The zero-order valence-corrected chi connectivity index (χ0v) is 13.0. The third-order valence-electron chi connectivity index (χ3n) is 3.69. The van der Waals surface area contributed by atoms with Crippen LogP contribution in [0.15, 0.2) is 24.3 Å². The molecule has 0 aliphatic rings. The number of aromatic nitrogens is 4. The highest BCUT2D eigenvalue weighted by Crippen LogP contribution is 2.28. The maximum atomic E-state index is 13.2. The molecule has 0 bridgehead atoms. The smallest absolute Gasteiger partial charge is 0.360 e. The van der Waals surface area contributed by atoms with Gasteiger partial charge in [0.1, 0.15) is 5.82 Å². The number of methoxy groups -OCH3 is 1. The Bertz CT molecular complexity index is 887. The number of hydrogen-bond acceptors (Lipinski definition) is 5. The van der Waals surface area contributed by atoms with E-state index in [4.69, 9.17) is 4.74 Å². The van der Waals surface area contributed by atoms with E-state index in [-0.39, 0.29) is 11.5 Å². The molecule has 118 valence electrons. The summed E-state index contributed by atoms with van der Waals surface area (Å²) in [6.07, 6.45) is 0.670. The molecule has 0 saturated carbocycles. The number of esters is 1. The highest BCUT2D eigenvalue weighted by atomic mass is 19.1. The normalized spacial score (nSPS) is 11.0. The first-order valence-corrected chi connectivity index (χ1v) is 7.16. The molecule has 3 rings (SSSR count). The standard InChI is InChI=1S/C16H15FN4O2/c1-4-12-13(10-5-7-11(17)8-6-10)15-19-18-14(16(22)23-3)9(2)21(15)20-12/h5-8H,4H2,1-3H3. The van der Waals surface area contributed by atoms with E-state index in [1.165, 1.54) is 19.2 Å². The Balaban J connectivity index is 2.28. The largest absolute Gasteiger partial charge is 0.464 e. The lowest BCUT2D eigenvalue weighted by atomic mass is 10.0. The second kappa shape index (κ2) is 5.75. The topological polar surface area (TPSA) is 69.4 Å². The van der Waals surface area contributed by atoms with Crippen molar-refractivity contribution in [2.24, 2.45) is 0 Å². The van der Waals surface area contributed by atoms with E-state index in [2.05, 4.69) is 15.3 Å². The third-order valence-corrected chi connectivity index (χ3v) is 3.69. The summed E-state index contributed by atoms with van der Waals surface area (Å²) in [5.41, 5.74) is 3.59. The molecule has 0 radical (unpaired) electrons. The van der Waals surface area contributed by atoms with Crippen LogP contribution in [0.3, 0.4) is 0 Å². The lowest BCUT2D eigenvalue weighted by molar-refractivity contribution is 0.0590. The van der Waals surface area contributed by atoms with E-state index in [1.54, 1.807) is 23.6 Å². The summed E-state index contributed by atoms with van der Waals surface area (Å²) in [4.78, 5) is 11.7. The van der Waals surface area contributed by atoms with E-state index < -0.39 is 5.97 Å². The monoisotopic (exact) mass is 314 g/mol. The van der Waals surface area contributed by atoms with Gasteiger partial charge in [-0.2, -0.15) is 5.10 Å². The second-order valence-corrected chi connectivity index (χ2v) is 5.04. The van der Waals surface area contributed by atoms with Gasteiger partial charge in [-0.15, -0.1) is 10.2 Å². The molecule has 7 heteroatoms. The van der Waals surface area contributed by atoms with Crippen LogP contribution >= 0.6 is 0 Å². The van der Waals surface area contributed by atoms with Gasteiger partial charge in [0.05, 0.1) is 24.1 Å². The van der Waals surface area contributed by atoms with Gasteiger partial charge in [0.2, 0.25) is 0 Å². The molecule has 0 spiro atoms. The predicted octanol–water partition coefficient (Wildman–Crippen LogP) is 2.59. The fourth-order valence-corrected chi connectivity index (χ4v) is 2.49. The van der Waals surface area contributed by atoms with E-state index in [0.717, 1.165) is 16.8 Å². The molecule has 0 amide bonds. The Kier molecular flexibility index (Phi) is 3.77. The highest BCUT2D eigenvalue weighted by Gasteiger charge is 2.21. The quantitative estimate of drug-likeness (QED) is 0.695. The maximum Gasteiger partial charge on any atom is 0.360 e. The molecule has 2 heterocycles. The van der Waals surface area contributed by atoms with Gasteiger partial charge in [-0.05, 0) is 31.0 Å². The summed E-state index contributed by atoms with van der Waals surface area (Å²) in [6, 6.07) is 6.14. The predicted molar refractivity (Wildman–Crippen MR) is 81.6 cm³/mol. The first-order valence-electron chi connectivity index (χ1n) is 7.16. The number of fused-ring (bicyclic) bond motifs is 1. The van der Waals surface area contributed by atoms with Crippen LogP contribution in [0.4, 0.5) is 4.39 Å². The Morgan fingerprint density at radius 3 is 2.57 bits per heavy atom. The molecule has 1 aromatic carbocycles. The SMILES string of the molecule is CCc1nn2c(C)c(C(=O)OC)nnc2c1-c1ccc(F)cc1. The summed E-state index contributed by atoms with van der Waals surface area (Å²) in [5.74, 6) is -0.868. The van der Waals surface area contributed by atoms with Crippen LogP contribution in [0, 0.1) is 12.7 Å². The first-order chi connectivity index (χ1) is 11.1. The van der Waals surface area contributed by atoms with Crippen molar-refractivity contribution in [2.45, 2.75) is 20.3 Å². The summed E-state index contributed by atoms with van der Waals surface area (Å²) >= 11 is 0. The third kappa shape index (κ3) is 2.44. The zero-order chi connectivity index (χ0) is 16.6. The minimum atomic E-state index is -0.561. The van der Waals surface area contributed by atoms with Crippen molar-refractivity contribution in [3.05, 3.63) is 47.2 Å². The van der Waals surface area contributed by atoms with Crippen molar-refractivity contribution < 1.29 is 13.9 Å². The molecule has 6 nitrogen and oxygen atoms in total. The molecule has 0 unspecified atom stereocenters. The minimum Gasteiger partial charge on any atom is -0.464 e. The first kappa shape index (κ1) is 15.1. The molecule has 0 fully saturated rings. The second-order valence-electron chi connectivity index (χ2n) is 5.04. The Morgan fingerprint density at radius 1 is 1.26 bits per heavy atom. The van der Waals surface area contributed by atoms with Crippen LogP contribution in [-0.4, -0.2) is 32.9 Å². The molecule has 0 saturated heterocycles. The number of rotatable bonds is 3. The number of carbonyl (C=O) groups is 1. The fourth-order valence-electron chi connectivity index (χ4n) is 2.49. The summed E-state index contributed by atoms with van der Waals surface area (Å²) in [6.45, 7) is 3.70. The van der Waals surface area contributed by atoms with Crippen molar-refractivity contribution in [1.29, 1.82) is 0 Å². The number of benzene rings is 1. The molecule has 3 aromatic rings. The molecule has 0 atom stereocenters. The van der Waals surface area contributed by atoms with E-state index in [9.17, 15) is 9.18 Å². The van der Waals surface area contributed by atoms with Crippen LogP contribution in [0.2, 0.25) is 0 Å². The summed E-state index contributed by atoms with van der Waals surface area (Å²) in [5, 5.41) is 12.6. The van der Waals surface area contributed by atoms with Crippen molar-refractivity contribution in [3.63, 3.8) is 0 Å². The van der Waals surface area contributed by atoms with Crippen molar-refractivity contribution in [3.8, 4) is 11.1 Å². The van der Waals surface area contributed by atoms with Gasteiger partial charge in [-0.3, -0.25) is 0 Å². The Morgan fingerprint density at radius 2 is 1.96 bits per heavy atom. The van der Waals surface area contributed by atoms with Crippen LogP contribution in [0.5, 0.6) is 0 Å². The summed E-state index contributed by atoms with van der Waals surface area (Å²) in [7, 11) is 1.29. The van der Waals surface area contributed by atoms with Crippen molar-refractivity contribution in [2.75, 3.05) is 7.11 Å². The van der Waals surface area contributed by atoms with Crippen LogP contribution < -0.4 is 0 Å². The minimum absolute atomic E-state index is 0.121. The number of halogens is 1. The van der Waals surface area contributed by atoms with Crippen LogP contribution in [0.1, 0.15) is 28.8 Å². The van der Waals surface area contributed by atoms with Crippen molar-refractivity contribution in [1.82, 2.24) is 19.8 Å². The van der Waals surface area contributed by atoms with Gasteiger partial charge in [0.25, 0.3) is 0 Å². The number of carbonyl (C=O) groups excluding carboxylic acids is 1. The van der Waals surface area contributed by atoms with Gasteiger partial charge < -0.3 is 4.74 Å². The number of hydrogen-bond donors (Lipinski definition) is 0.